The number of nitrogens with one attached hydrogen (secondary N) is 1. The molecule has 0 saturated heterocycles. The molecule has 1 N–H and O–H groups in total. The van der Waals surface area contributed by atoms with E-state index in [-0.39, 0.29) is 10.8 Å². The number of hydrogen-bond donors (Lipinski definition) is 1. The summed E-state index contributed by atoms with van der Waals surface area (Å²) in [6.07, 6.45) is 0. The second-order valence-electron chi connectivity index (χ2n) is 3.32. The molecule has 0 unspecified atom stereocenters. The molecule has 2 aromatic rings. The average molecular weight is 303 g/mol. The molecule has 1 aromatic carbocycles. The highest BCUT2D eigenvalue weighted by molar-refractivity contribution is 6.36. The van der Waals surface area contributed by atoms with Gasteiger partial charge in [-0.1, -0.05) is 34.8 Å². The smallest absolute Gasteiger partial charge is 0.276 e. The van der Waals surface area contributed by atoms with Gasteiger partial charge in [0.2, 0.25) is 0 Å². The van der Waals surface area contributed by atoms with Crippen LogP contribution in [0.4, 0.5) is 5.69 Å². The molecule has 0 bridgehead atoms. The zero-order valence-electron chi connectivity index (χ0n) is 8.82. The highest BCUT2D eigenvalue weighted by atomic mass is 35.5. The van der Waals surface area contributed by atoms with E-state index in [9.17, 15) is 4.79 Å². The molecule has 1 heterocycles. The summed E-state index contributed by atoms with van der Waals surface area (Å²) in [5, 5.41) is 10.9. The molecule has 0 aliphatic carbocycles. The van der Waals surface area contributed by atoms with Crippen LogP contribution in [0.3, 0.4) is 0 Å². The number of carbonyl (C=O) groups is 1. The van der Waals surface area contributed by atoms with Gasteiger partial charge in [0.05, 0.1) is 10.7 Å². The summed E-state index contributed by atoms with van der Waals surface area (Å²) in [5.74, 6) is -0.427. The van der Waals surface area contributed by atoms with Crippen molar-refractivity contribution in [3.63, 3.8) is 0 Å². The van der Waals surface area contributed by atoms with Crippen LogP contribution >= 0.6 is 34.8 Å². The number of hydrogen-bond acceptors (Lipinski definition) is 3. The fourth-order valence-corrected chi connectivity index (χ4v) is 1.77. The lowest BCUT2D eigenvalue weighted by Crippen LogP contribution is -2.14. The molecule has 92 valence electrons. The molecule has 4 nitrogen and oxygen atoms in total. The maximum absolute atomic E-state index is 11.8. The van der Waals surface area contributed by atoms with Crippen LogP contribution in [-0.2, 0) is 0 Å². The van der Waals surface area contributed by atoms with E-state index in [1.165, 1.54) is 18.2 Å². The van der Waals surface area contributed by atoms with E-state index in [1.807, 2.05) is 0 Å². The monoisotopic (exact) mass is 301 g/mol. The Morgan fingerprint density at radius 3 is 2.44 bits per heavy atom. The van der Waals surface area contributed by atoms with Crippen molar-refractivity contribution in [1.82, 2.24) is 10.2 Å². The zero-order valence-corrected chi connectivity index (χ0v) is 11.1. The lowest BCUT2D eigenvalue weighted by atomic mass is 10.3. The van der Waals surface area contributed by atoms with Gasteiger partial charge in [0.15, 0.2) is 10.8 Å². The van der Waals surface area contributed by atoms with Gasteiger partial charge in [-0.15, -0.1) is 10.2 Å². The predicted octanol–water partition coefficient (Wildman–Crippen LogP) is 3.69. The van der Waals surface area contributed by atoms with Crippen LogP contribution in [0.15, 0.2) is 30.3 Å². The van der Waals surface area contributed by atoms with E-state index in [2.05, 4.69) is 15.5 Å². The van der Waals surface area contributed by atoms with Crippen molar-refractivity contribution < 1.29 is 4.79 Å². The van der Waals surface area contributed by atoms with Crippen molar-refractivity contribution in [2.75, 3.05) is 5.32 Å². The van der Waals surface area contributed by atoms with Crippen molar-refractivity contribution >= 4 is 46.4 Å². The third-order valence-electron chi connectivity index (χ3n) is 2.04. The van der Waals surface area contributed by atoms with E-state index in [0.717, 1.165) is 0 Å². The topological polar surface area (TPSA) is 54.9 Å². The molecule has 0 atom stereocenters. The lowest BCUT2D eigenvalue weighted by molar-refractivity contribution is 0.102. The molecule has 18 heavy (non-hydrogen) atoms. The Hall–Kier alpha value is -1.36. The minimum absolute atomic E-state index is 0.144. The van der Waals surface area contributed by atoms with Crippen molar-refractivity contribution in [3.05, 3.63) is 51.2 Å². The van der Waals surface area contributed by atoms with Crippen LogP contribution in [0.25, 0.3) is 0 Å². The second-order valence-corrected chi connectivity index (χ2v) is 4.55. The molecule has 0 fully saturated rings. The Labute approximate surface area is 118 Å². The predicted molar refractivity (Wildman–Crippen MR) is 71.5 cm³/mol. The summed E-state index contributed by atoms with van der Waals surface area (Å²) in [5.41, 5.74) is 0.591. The SMILES string of the molecule is O=C(Nc1ccc(Cl)cc1Cl)c1ccc(Cl)nn1. The van der Waals surface area contributed by atoms with Crippen molar-refractivity contribution in [2.24, 2.45) is 0 Å². The van der Waals surface area contributed by atoms with Gasteiger partial charge in [-0.05, 0) is 30.3 Å². The van der Waals surface area contributed by atoms with Gasteiger partial charge in [-0.2, -0.15) is 0 Å². The van der Waals surface area contributed by atoms with Crippen LogP contribution in [0.1, 0.15) is 10.5 Å². The largest absolute Gasteiger partial charge is 0.319 e. The summed E-state index contributed by atoms with van der Waals surface area (Å²) in [7, 11) is 0. The van der Waals surface area contributed by atoms with Gasteiger partial charge in [-0.3, -0.25) is 4.79 Å². The zero-order chi connectivity index (χ0) is 13.1. The fraction of sp³-hybridized carbons (Fsp3) is 0. The number of benzene rings is 1. The van der Waals surface area contributed by atoms with E-state index in [4.69, 9.17) is 34.8 Å². The molecular formula is C11H6Cl3N3O. The normalized spacial score (nSPS) is 10.2. The molecule has 0 aliphatic heterocycles. The molecule has 1 amide bonds. The van der Waals surface area contributed by atoms with Crippen molar-refractivity contribution in [3.8, 4) is 0 Å². The number of nitrogens with zero attached hydrogens (tertiary/aromatic N) is 2. The number of rotatable bonds is 2. The number of anilines is 1. The molecule has 0 saturated carbocycles. The Morgan fingerprint density at radius 1 is 1.06 bits per heavy atom. The minimum Gasteiger partial charge on any atom is -0.319 e. The van der Waals surface area contributed by atoms with Crippen LogP contribution in [0.5, 0.6) is 0 Å². The molecule has 1 aromatic heterocycles. The van der Waals surface area contributed by atoms with E-state index < -0.39 is 5.91 Å². The Balaban J connectivity index is 2.18. The van der Waals surface area contributed by atoms with Crippen LogP contribution in [-0.4, -0.2) is 16.1 Å². The second kappa shape index (κ2) is 5.52. The van der Waals surface area contributed by atoms with Gasteiger partial charge in [0, 0.05) is 5.02 Å². The average Bonchev–Trinajstić information content (AvgIpc) is 2.33. The van der Waals surface area contributed by atoms with Crippen molar-refractivity contribution in [1.29, 1.82) is 0 Å². The van der Waals surface area contributed by atoms with Crippen LogP contribution in [0, 0.1) is 0 Å². The standard InChI is InChI=1S/C11H6Cl3N3O/c12-6-1-2-8(7(13)5-6)15-11(18)9-3-4-10(14)17-16-9/h1-5H,(H,15,18). The molecule has 7 heteroatoms. The molecule has 0 spiro atoms. The quantitative estimate of drug-likeness (QED) is 0.920. The summed E-state index contributed by atoms with van der Waals surface area (Å²) in [4.78, 5) is 11.8. The summed E-state index contributed by atoms with van der Waals surface area (Å²) in [6.45, 7) is 0. The summed E-state index contributed by atoms with van der Waals surface area (Å²) < 4.78 is 0. The van der Waals surface area contributed by atoms with Crippen LogP contribution < -0.4 is 5.32 Å². The van der Waals surface area contributed by atoms with Gasteiger partial charge in [0.25, 0.3) is 5.91 Å². The molecule has 0 aliphatic rings. The first-order valence-corrected chi connectivity index (χ1v) is 5.95. The van der Waals surface area contributed by atoms with E-state index >= 15 is 0 Å². The first kappa shape index (κ1) is 13.1. The van der Waals surface area contributed by atoms with Gasteiger partial charge in [-0.25, -0.2) is 0 Å². The third kappa shape index (κ3) is 3.10. The fourth-order valence-electron chi connectivity index (χ4n) is 1.21. The van der Waals surface area contributed by atoms with Gasteiger partial charge >= 0.3 is 0 Å². The van der Waals surface area contributed by atoms with Gasteiger partial charge < -0.3 is 5.32 Å². The highest BCUT2D eigenvalue weighted by Crippen LogP contribution is 2.25. The van der Waals surface area contributed by atoms with Gasteiger partial charge in [0.1, 0.15) is 0 Å². The highest BCUT2D eigenvalue weighted by Gasteiger charge is 2.10. The van der Waals surface area contributed by atoms with Crippen LogP contribution in [0.2, 0.25) is 15.2 Å². The number of halogens is 3. The van der Waals surface area contributed by atoms with E-state index in [0.29, 0.717) is 15.7 Å². The minimum atomic E-state index is -0.427. The molecule has 0 radical (unpaired) electrons. The lowest BCUT2D eigenvalue weighted by Gasteiger charge is -2.06. The first-order valence-electron chi connectivity index (χ1n) is 4.82. The molecular weight excluding hydrogens is 296 g/mol. The molecule has 2 rings (SSSR count). The third-order valence-corrected chi connectivity index (χ3v) is 2.79. The number of aromatic nitrogens is 2. The number of amides is 1. The summed E-state index contributed by atoms with van der Waals surface area (Å²) >= 11 is 17.3. The maximum atomic E-state index is 11.8. The summed E-state index contributed by atoms with van der Waals surface area (Å²) in [6, 6.07) is 7.70. The number of carbonyl (C=O) groups excluding carboxylic acids is 1. The first-order chi connectivity index (χ1) is 8.56. The van der Waals surface area contributed by atoms with Crippen molar-refractivity contribution in [2.45, 2.75) is 0 Å². The van der Waals surface area contributed by atoms with E-state index in [1.54, 1.807) is 12.1 Å². The Bertz CT molecular complexity index is 587. The maximum Gasteiger partial charge on any atom is 0.276 e. The Morgan fingerprint density at radius 2 is 1.83 bits per heavy atom. The Kier molecular flexibility index (Phi) is 4.01.